The van der Waals surface area contributed by atoms with Gasteiger partial charge in [0, 0.05) is 10.6 Å². The summed E-state index contributed by atoms with van der Waals surface area (Å²) in [6.45, 7) is 0. The topological polar surface area (TPSA) is 0 Å². The zero-order valence-electron chi connectivity index (χ0n) is 7.61. The van der Waals surface area contributed by atoms with Crippen LogP contribution < -0.4 is 0 Å². The number of rotatable bonds is 1. The van der Waals surface area contributed by atoms with Gasteiger partial charge in [0.1, 0.15) is 5.75 Å². The van der Waals surface area contributed by atoms with Gasteiger partial charge in [-0.3, -0.25) is 0 Å². The van der Waals surface area contributed by atoms with E-state index in [1.807, 2.05) is 24.3 Å². The van der Waals surface area contributed by atoms with Crippen molar-refractivity contribution in [1.29, 1.82) is 0 Å². The normalized spacial score (nSPS) is 15.5. The first kappa shape index (κ1) is 16.3. The zero-order chi connectivity index (χ0) is 13.1. The van der Waals surface area contributed by atoms with Crippen LogP contribution in [0.25, 0.3) is 0 Å². The molecule has 0 aromatic heterocycles. The zero-order valence-corrected chi connectivity index (χ0v) is 11.9. The van der Waals surface area contributed by atoms with E-state index in [2.05, 4.69) is 12.6 Å². The minimum atomic E-state index is -11.2. The van der Waals surface area contributed by atoms with Crippen molar-refractivity contribution >= 4 is 43.7 Å². The number of benzene rings is 1. The predicted molar refractivity (Wildman–Crippen MR) is 57.7 cm³/mol. The first-order valence-corrected chi connectivity index (χ1v) is 10.6. The Morgan fingerprint density at radius 1 is 0.938 bits per heavy atom. The fourth-order valence-electron chi connectivity index (χ4n) is 0.602. The standard InChI is InChI=1S/C7H7ClS.6FH.Sb/c8-7-3-1-6(5-9)2-4-7;;;;;;;/h1-4,9H,5H2;6*1H;/q;;;;;;;+5/p-5. The number of halogens is 7. The van der Waals surface area contributed by atoms with E-state index in [1.165, 1.54) is 5.56 Å². The van der Waals surface area contributed by atoms with E-state index >= 15 is 0 Å². The van der Waals surface area contributed by atoms with Gasteiger partial charge in [-0.05, 0) is 24.8 Å². The van der Waals surface area contributed by atoms with Gasteiger partial charge in [-0.2, -0.15) is 0 Å². The Labute approximate surface area is 101 Å². The summed E-state index contributed by atoms with van der Waals surface area (Å²) in [6, 6.07) is 7.76. The molecule has 0 fully saturated rings. The molecular weight excluding hydrogens is 387 g/mol. The molecule has 0 aliphatic heterocycles. The fraction of sp³-hybridized carbons (Fsp3) is 0.143. The molecule has 16 heavy (non-hydrogen) atoms. The molecule has 0 aliphatic rings. The van der Waals surface area contributed by atoms with Crippen molar-refractivity contribution in [2.45, 2.75) is 5.75 Å². The summed E-state index contributed by atoms with van der Waals surface area (Å²) in [7, 11) is 0. The molecule has 0 saturated heterocycles. The molecular formula is C7H8ClF6SSb. The minimum Gasteiger partial charge on any atom is -0.0843 e. The molecule has 0 aliphatic carbocycles. The molecule has 0 saturated carbocycles. The Balaban J connectivity index is 0.000000293. The average Bonchev–Trinajstić information content (AvgIpc) is 2.00. The molecule has 0 unspecified atom stereocenters. The third kappa shape index (κ3) is 16.7. The van der Waals surface area contributed by atoms with Crippen LogP contribution in [0, 0.1) is 0 Å². The summed E-state index contributed by atoms with van der Waals surface area (Å²) in [5, 5.41) is 0.791. The molecule has 0 amide bonds. The largest absolute Gasteiger partial charge is 0.128 e. The van der Waals surface area contributed by atoms with E-state index in [1.54, 1.807) is 0 Å². The van der Waals surface area contributed by atoms with Gasteiger partial charge >= 0.3 is 36.4 Å². The van der Waals surface area contributed by atoms with E-state index in [9.17, 15) is 16.9 Å². The summed E-state index contributed by atoms with van der Waals surface area (Å²) in [5.41, 5.74) is 1.25. The monoisotopic (exact) mass is 394 g/mol. The maximum absolute atomic E-state index is 11.2. The van der Waals surface area contributed by atoms with Gasteiger partial charge in [-0.15, -0.1) is 0 Å². The molecule has 0 nitrogen and oxygen atoms in total. The average molecular weight is 395 g/mol. The van der Waals surface area contributed by atoms with Crippen molar-refractivity contribution in [1.82, 2.24) is 0 Å². The second kappa shape index (κ2) is 4.50. The van der Waals surface area contributed by atoms with Gasteiger partial charge in [-0.1, -0.05) is 23.7 Å². The van der Waals surface area contributed by atoms with E-state index in [-0.39, 0.29) is 0 Å². The molecule has 0 atom stereocenters. The van der Waals surface area contributed by atoms with Crippen molar-refractivity contribution < 1.29 is 16.9 Å². The minimum absolute atomic E-state index is 0.791. The predicted octanol–water partition coefficient (Wildman–Crippen LogP) is 3.99. The van der Waals surface area contributed by atoms with Crippen LogP contribution in [0.3, 0.4) is 0 Å². The Bertz CT molecular complexity index is 332. The van der Waals surface area contributed by atoms with Crippen molar-refractivity contribution in [3.63, 3.8) is 0 Å². The van der Waals surface area contributed by atoms with Crippen molar-refractivity contribution in [3.05, 3.63) is 34.9 Å². The Morgan fingerprint density at radius 3 is 1.50 bits per heavy atom. The van der Waals surface area contributed by atoms with E-state index in [0.29, 0.717) is 0 Å². The number of hydrogen-bond acceptors (Lipinski definition) is 0. The molecule has 1 aromatic rings. The van der Waals surface area contributed by atoms with Crippen LogP contribution in [0.5, 0.6) is 0 Å². The van der Waals surface area contributed by atoms with Crippen LogP contribution in [0.15, 0.2) is 24.3 Å². The van der Waals surface area contributed by atoms with E-state index in [4.69, 9.17) is 11.6 Å². The van der Waals surface area contributed by atoms with Crippen LogP contribution in [-0.2, 0) is 18.4 Å². The van der Waals surface area contributed by atoms with Crippen molar-refractivity contribution in [3.8, 4) is 0 Å². The van der Waals surface area contributed by atoms with Gasteiger partial charge in [0.2, 0.25) is 0 Å². The van der Waals surface area contributed by atoms with Gasteiger partial charge in [0.05, 0.1) is 0 Å². The van der Waals surface area contributed by atoms with Crippen LogP contribution in [0.4, 0.5) is 16.9 Å². The second-order valence-electron chi connectivity index (χ2n) is 2.76. The molecule has 0 heterocycles. The first-order chi connectivity index (χ1) is 6.78. The van der Waals surface area contributed by atoms with Gasteiger partial charge in [0.25, 0.3) is 0 Å². The molecule has 1 rings (SSSR count). The molecule has 1 aromatic carbocycles. The second-order valence-corrected chi connectivity index (χ2v) is 9.02. The van der Waals surface area contributed by atoms with E-state index in [0.717, 1.165) is 10.8 Å². The summed E-state index contributed by atoms with van der Waals surface area (Å²) >= 11 is -2.21. The molecule has 0 bridgehead atoms. The Kier molecular flexibility index (Phi) is 4.57. The molecule has 0 radical (unpaired) electrons. The Hall–Kier alpha value is 0.258. The van der Waals surface area contributed by atoms with Crippen LogP contribution in [0.2, 0.25) is 5.02 Å². The first-order valence-electron chi connectivity index (χ1n) is 3.73. The smallest absolute Gasteiger partial charge is 0.0843 e. The van der Waals surface area contributed by atoms with E-state index < -0.39 is 19.5 Å². The van der Waals surface area contributed by atoms with Gasteiger partial charge < -0.3 is 0 Å². The summed E-state index contributed by atoms with van der Waals surface area (Å²) in [6.07, 6.45) is 0. The molecule has 0 spiro atoms. The van der Waals surface area contributed by atoms with Crippen molar-refractivity contribution in [2.24, 2.45) is 0 Å². The fourth-order valence-corrected chi connectivity index (χ4v) is 0.964. The third-order valence-corrected chi connectivity index (χ3v) is 1.78. The summed E-state index contributed by atoms with van der Waals surface area (Å²) in [5.74, 6) is 0.886. The van der Waals surface area contributed by atoms with Gasteiger partial charge in [0.15, 0.2) is 0 Å². The van der Waals surface area contributed by atoms with Crippen LogP contribution in [0.1, 0.15) is 5.56 Å². The molecule has 9 heteroatoms. The van der Waals surface area contributed by atoms with Crippen LogP contribution >= 0.6 is 11.6 Å². The maximum atomic E-state index is 9.93. The molecule has 96 valence electrons. The summed E-state index contributed by atoms with van der Waals surface area (Å²) < 4.78 is 59.6. The Morgan fingerprint density at radius 2 is 1.25 bits per heavy atom. The van der Waals surface area contributed by atoms with Crippen LogP contribution in [-0.4, -0.2) is 19.5 Å². The molecule has 0 N–H and O–H groups in total. The van der Waals surface area contributed by atoms with Gasteiger partial charge in [-0.25, -0.2) is 0 Å². The summed E-state index contributed by atoms with van der Waals surface area (Å²) in [4.78, 5) is 0. The maximum Gasteiger partial charge on any atom is 0.128 e. The number of hydrogen-bond donors (Lipinski definition) is 0. The van der Waals surface area contributed by atoms with Crippen molar-refractivity contribution in [2.75, 3.05) is 0 Å². The SMILES string of the molecule is [F][Sb-]([F])([F])([F])([F])[F].[SH2+]Cc1ccc(Cl)cc1. The quantitative estimate of drug-likeness (QED) is 0.383. The third-order valence-electron chi connectivity index (χ3n) is 1.12.